The minimum absolute atomic E-state index is 0.295. The first-order valence-corrected chi connectivity index (χ1v) is 7.72. The van der Waals surface area contributed by atoms with E-state index in [1.165, 1.54) is 0 Å². The summed E-state index contributed by atoms with van der Waals surface area (Å²) in [5.74, 6) is 1.47. The number of benzene rings is 1. The molecule has 0 unspecified atom stereocenters. The number of hydrogen-bond acceptors (Lipinski definition) is 6. The number of methoxy groups -OCH3 is 1. The third kappa shape index (κ3) is 4.14. The van der Waals surface area contributed by atoms with Crippen molar-refractivity contribution >= 4 is 17.4 Å². The predicted octanol–water partition coefficient (Wildman–Crippen LogP) is 3.25. The molecule has 3 rings (SSSR count). The topological polar surface area (TPSA) is 89.3 Å². The van der Waals surface area contributed by atoms with Crippen molar-refractivity contribution in [3.63, 3.8) is 0 Å². The van der Waals surface area contributed by atoms with Gasteiger partial charge in [0.15, 0.2) is 5.82 Å². The lowest BCUT2D eigenvalue weighted by Crippen LogP contribution is -2.14. The maximum absolute atomic E-state index is 12.1. The Morgan fingerprint density at radius 1 is 1.24 bits per heavy atom. The fourth-order valence-corrected chi connectivity index (χ4v) is 2.28. The summed E-state index contributed by atoms with van der Waals surface area (Å²) in [6.07, 6.45) is 1.61. The first kappa shape index (κ1) is 16.5. The zero-order valence-corrected chi connectivity index (χ0v) is 13.9. The highest BCUT2D eigenvalue weighted by Gasteiger charge is 2.10. The molecule has 0 aliphatic rings. The number of aryl methyl sites for hydroxylation is 1. The van der Waals surface area contributed by atoms with Crippen LogP contribution in [0.1, 0.15) is 21.8 Å². The van der Waals surface area contributed by atoms with Crippen LogP contribution in [0.15, 0.2) is 53.2 Å². The van der Waals surface area contributed by atoms with E-state index in [2.05, 4.69) is 20.8 Å². The molecular weight excluding hydrogens is 320 g/mol. The van der Waals surface area contributed by atoms with E-state index in [-0.39, 0.29) is 5.91 Å². The van der Waals surface area contributed by atoms with Gasteiger partial charge in [0.05, 0.1) is 19.0 Å². The van der Waals surface area contributed by atoms with Crippen LogP contribution in [0.3, 0.4) is 0 Å². The van der Waals surface area contributed by atoms with Crippen LogP contribution in [0, 0.1) is 6.92 Å². The average Bonchev–Trinajstić information content (AvgIpc) is 3.05. The fraction of sp³-hybridized carbons (Fsp3) is 0.167. The Hall–Kier alpha value is -3.35. The smallest absolute Gasteiger partial charge is 0.275 e. The largest absolute Gasteiger partial charge is 0.496 e. The number of pyridine rings is 1. The second kappa shape index (κ2) is 7.48. The van der Waals surface area contributed by atoms with Gasteiger partial charge in [-0.3, -0.25) is 4.79 Å². The predicted molar refractivity (Wildman–Crippen MR) is 93.8 cm³/mol. The van der Waals surface area contributed by atoms with Crippen molar-refractivity contribution < 1.29 is 14.1 Å². The molecule has 128 valence electrons. The Morgan fingerprint density at radius 2 is 2.08 bits per heavy atom. The molecule has 2 N–H and O–H groups in total. The highest BCUT2D eigenvalue weighted by Crippen LogP contribution is 2.19. The number of carbonyl (C=O) groups excluding carboxylic acids is 1. The number of anilines is 2. The van der Waals surface area contributed by atoms with Gasteiger partial charge in [-0.05, 0) is 25.1 Å². The van der Waals surface area contributed by atoms with Crippen LogP contribution in [-0.4, -0.2) is 23.2 Å². The van der Waals surface area contributed by atoms with Crippen molar-refractivity contribution in [3.05, 3.63) is 65.7 Å². The van der Waals surface area contributed by atoms with Crippen molar-refractivity contribution in [1.29, 1.82) is 0 Å². The van der Waals surface area contributed by atoms with Crippen molar-refractivity contribution in [2.45, 2.75) is 13.5 Å². The van der Waals surface area contributed by atoms with Gasteiger partial charge in [-0.25, -0.2) is 4.98 Å². The molecule has 7 heteroatoms. The molecule has 25 heavy (non-hydrogen) atoms. The van der Waals surface area contributed by atoms with Crippen molar-refractivity contribution in [3.8, 4) is 5.75 Å². The van der Waals surface area contributed by atoms with Gasteiger partial charge in [-0.2, -0.15) is 0 Å². The van der Waals surface area contributed by atoms with Gasteiger partial charge in [0, 0.05) is 18.2 Å². The molecule has 0 saturated heterocycles. The van der Waals surface area contributed by atoms with Crippen LogP contribution >= 0.6 is 0 Å². The lowest BCUT2D eigenvalue weighted by atomic mass is 10.2. The first-order chi connectivity index (χ1) is 12.2. The molecule has 0 radical (unpaired) electrons. The third-order valence-electron chi connectivity index (χ3n) is 3.54. The van der Waals surface area contributed by atoms with Gasteiger partial charge in [0.1, 0.15) is 17.2 Å². The quantitative estimate of drug-likeness (QED) is 0.717. The van der Waals surface area contributed by atoms with Crippen LogP contribution in [0.2, 0.25) is 0 Å². The normalized spacial score (nSPS) is 10.3. The molecular formula is C18H18N4O3. The highest BCUT2D eigenvalue weighted by atomic mass is 16.5. The van der Waals surface area contributed by atoms with E-state index in [0.29, 0.717) is 23.8 Å². The summed E-state index contributed by atoms with van der Waals surface area (Å²) < 4.78 is 10.2. The van der Waals surface area contributed by atoms with Crippen LogP contribution in [0.5, 0.6) is 5.75 Å². The molecule has 0 saturated carbocycles. The Balaban J connectivity index is 1.61. The number of aromatic nitrogens is 2. The molecule has 0 aliphatic carbocycles. The molecule has 1 amide bonds. The number of rotatable bonds is 6. The summed E-state index contributed by atoms with van der Waals surface area (Å²) >= 11 is 0. The standard InChI is InChI=1S/C18H18N4O3/c1-12-9-17(22-25-12)21-18(23)15-8-7-14(11-20-15)19-10-13-5-3-4-6-16(13)24-2/h3-9,11,19H,10H2,1-2H3,(H,21,22,23). The Labute approximate surface area is 145 Å². The highest BCUT2D eigenvalue weighted by molar-refractivity contribution is 6.02. The number of nitrogens with zero attached hydrogens (tertiary/aromatic N) is 2. The van der Waals surface area contributed by atoms with Gasteiger partial charge < -0.3 is 19.9 Å². The lowest BCUT2D eigenvalue weighted by molar-refractivity contribution is 0.102. The van der Waals surface area contributed by atoms with Crippen LogP contribution in [0.4, 0.5) is 11.5 Å². The van der Waals surface area contributed by atoms with Crippen molar-refractivity contribution in [2.75, 3.05) is 17.7 Å². The summed E-state index contributed by atoms with van der Waals surface area (Å²) in [6.45, 7) is 2.35. The van der Waals surface area contributed by atoms with E-state index in [4.69, 9.17) is 9.26 Å². The summed E-state index contributed by atoms with van der Waals surface area (Å²) in [5.41, 5.74) is 2.14. The monoisotopic (exact) mass is 338 g/mol. The van der Waals surface area contributed by atoms with Crippen molar-refractivity contribution in [1.82, 2.24) is 10.1 Å². The lowest BCUT2D eigenvalue weighted by Gasteiger charge is -2.10. The number of para-hydroxylation sites is 1. The molecule has 2 heterocycles. The zero-order valence-electron chi connectivity index (χ0n) is 13.9. The number of amides is 1. The molecule has 7 nitrogen and oxygen atoms in total. The van der Waals surface area contributed by atoms with E-state index < -0.39 is 0 Å². The van der Waals surface area contributed by atoms with E-state index >= 15 is 0 Å². The fourth-order valence-electron chi connectivity index (χ4n) is 2.28. The Morgan fingerprint density at radius 3 is 2.76 bits per heavy atom. The average molecular weight is 338 g/mol. The minimum Gasteiger partial charge on any atom is -0.496 e. The van der Waals surface area contributed by atoms with Crippen molar-refractivity contribution in [2.24, 2.45) is 0 Å². The van der Waals surface area contributed by atoms with Gasteiger partial charge in [-0.15, -0.1) is 0 Å². The zero-order chi connectivity index (χ0) is 17.6. The molecule has 0 spiro atoms. The Bertz CT molecular complexity index is 859. The van der Waals surface area contributed by atoms with E-state index in [1.54, 1.807) is 38.4 Å². The van der Waals surface area contributed by atoms with Gasteiger partial charge in [0.2, 0.25) is 0 Å². The van der Waals surface area contributed by atoms with Gasteiger partial charge in [0.25, 0.3) is 5.91 Å². The first-order valence-electron chi connectivity index (χ1n) is 7.72. The number of carbonyl (C=O) groups is 1. The van der Waals surface area contributed by atoms with Crippen LogP contribution in [-0.2, 0) is 6.54 Å². The molecule has 1 aromatic carbocycles. The van der Waals surface area contributed by atoms with Crippen LogP contribution in [0.25, 0.3) is 0 Å². The maximum Gasteiger partial charge on any atom is 0.275 e. The molecule has 0 atom stereocenters. The molecule has 0 bridgehead atoms. The SMILES string of the molecule is COc1ccccc1CNc1ccc(C(=O)Nc2cc(C)on2)nc1. The minimum atomic E-state index is -0.343. The third-order valence-corrected chi connectivity index (χ3v) is 3.54. The number of ether oxygens (including phenoxy) is 1. The molecule has 3 aromatic rings. The van der Waals surface area contributed by atoms with E-state index in [0.717, 1.165) is 17.0 Å². The second-order valence-electron chi connectivity index (χ2n) is 5.37. The second-order valence-corrected chi connectivity index (χ2v) is 5.37. The van der Waals surface area contributed by atoms with Gasteiger partial charge >= 0.3 is 0 Å². The van der Waals surface area contributed by atoms with E-state index in [9.17, 15) is 4.79 Å². The summed E-state index contributed by atoms with van der Waals surface area (Å²) in [6, 6.07) is 12.9. The summed E-state index contributed by atoms with van der Waals surface area (Å²) in [7, 11) is 1.64. The number of nitrogens with one attached hydrogen (secondary N) is 2. The number of hydrogen-bond donors (Lipinski definition) is 2. The molecule has 0 aliphatic heterocycles. The molecule has 2 aromatic heterocycles. The van der Waals surface area contributed by atoms with Crippen LogP contribution < -0.4 is 15.4 Å². The Kier molecular flexibility index (Phi) is 4.94. The van der Waals surface area contributed by atoms with Gasteiger partial charge in [-0.1, -0.05) is 23.4 Å². The maximum atomic E-state index is 12.1. The molecule has 0 fully saturated rings. The summed E-state index contributed by atoms with van der Waals surface area (Å²) in [4.78, 5) is 16.3. The van der Waals surface area contributed by atoms with E-state index in [1.807, 2.05) is 24.3 Å². The summed E-state index contributed by atoms with van der Waals surface area (Å²) in [5, 5.41) is 9.60.